The molecule has 0 aliphatic carbocycles. The van der Waals surface area contributed by atoms with Gasteiger partial charge in [0, 0.05) is 16.5 Å². The van der Waals surface area contributed by atoms with E-state index in [1.807, 2.05) is 12.1 Å². The third kappa shape index (κ3) is 3.03. The lowest BCUT2D eigenvalue weighted by Crippen LogP contribution is -2.26. The Morgan fingerprint density at radius 3 is 2.74 bits per heavy atom. The highest BCUT2D eigenvalue weighted by Gasteiger charge is 2.31. The molecule has 1 aliphatic rings. The fraction of sp³-hybridized carbons (Fsp3) is 0.500. The summed E-state index contributed by atoms with van der Waals surface area (Å²) < 4.78 is 12.2. The van der Waals surface area contributed by atoms with Gasteiger partial charge in [0.15, 0.2) is 11.5 Å². The van der Waals surface area contributed by atoms with Gasteiger partial charge in [-0.2, -0.15) is 0 Å². The fourth-order valence-electron chi connectivity index (χ4n) is 1.95. The molecule has 1 aromatic rings. The lowest BCUT2D eigenvalue weighted by Gasteiger charge is -2.22. The molecule has 0 saturated heterocycles. The van der Waals surface area contributed by atoms with Gasteiger partial charge >= 0.3 is 5.97 Å². The molecule has 0 amide bonds. The zero-order chi connectivity index (χ0) is 14.0. The van der Waals surface area contributed by atoms with E-state index >= 15 is 0 Å². The summed E-state index contributed by atoms with van der Waals surface area (Å²) in [7, 11) is 0. The lowest BCUT2D eigenvalue weighted by molar-refractivity contribution is -0.146. The number of carboxylic acid groups (broad SMARTS) is 1. The monoisotopic (exact) mass is 328 g/mol. The van der Waals surface area contributed by atoms with E-state index in [1.165, 1.54) is 0 Å². The van der Waals surface area contributed by atoms with Crippen LogP contribution in [0.3, 0.4) is 0 Å². The van der Waals surface area contributed by atoms with Gasteiger partial charge in [-0.3, -0.25) is 4.79 Å². The van der Waals surface area contributed by atoms with Crippen LogP contribution in [0.1, 0.15) is 25.8 Å². The number of ether oxygens (including phenoxy) is 2. The van der Waals surface area contributed by atoms with Crippen molar-refractivity contribution >= 4 is 21.9 Å². The van der Waals surface area contributed by atoms with Gasteiger partial charge in [-0.1, -0.05) is 15.9 Å². The maximum absolute atomic E-state index is 11.3. The highest BCUT2D eigenvalue weighted by Crippen LogP contribution is 2.41. The van der Waals surface area contributed by atoms with E-state index in [9.17, 15) is 9.90 Å². The third-order valence-electron chi connectivity index (χ3n) is 3.16. The van der Waals surface area contributed by atoms with Gasteiger partial charge in [-0.15, -0.1) is 0 Å². The Bertz CT molecular complexity index is 496. The number of hydrogen-bond donors (Lipinski definition) is 1. The minimum absolute atomic E-state index is 0.384. The Kier molecular flexibility index (Phi) is 4.04. The molecule has 19 heavy (non-hydrogen) atoms. The summed E-state index contributed by atoms with van der Waals surface area (Å²) in [6.07, 6.45) is 1.21. The Hall–Kier alpha value is -1.23. The maximum Gasteiger partial charge on any atom is 0.309 e. The number of aliphatic carboxylic acids is 1. The number of carboxylic acids is 1. The van der Waals surface area contributed by atoms with Crippen LogP contribution in [0.5, 0.6) is 11.5 Å². The smallest absolute Gasteiger partial charge is 0.309 e. The van der Waals surface area contributed by atoms with Crippen LogP contribution in [0.15, 0.2) is 16.6 Å². The SMILES string of the molecule is CC(C)(Cc1c(Br)ccc2c1OCCCO2)C(=O)O. The van der Waals surface area contributed by atoms with E-state index in [2.05, 4.69) is 15.9 Å². The zero-order valence-electron chi connectivity index (χ0n) is 11.0. The molecule has 0 unspecified atom stereocenters. The second-order valence-electron chi connectivity index (χ2n) is 5.27. The first kappa shape index (κ1) is 14.2. The first-order valence-electron chi connectivity index (χ1n) is 6.22. The topological polar surface area (TPSA) is 55.8 Å². The Morgan fingerprint density at radius 2 is 2.05 bits per heavy atom. The molecule has 104 valence electrons. The molecule has 1 aliphatic heterocycles. The predicted octanol–water partition coefficient (Wildman–Crippen LogP) is 3.26. The van der Waals surface area contributed by atoms with E-state index in [4.69, 9.17) is 9.47 Å². The Labute approximate surface area is 120 Å². The third-order valence-corrected chi connectivity index (χ3v) is 3.90. The standard InChI is InChI=1S/C14H17BrO4/c1-14(2,13(16)17)8-9-10(15)4-5-11-12(9)19-7-3-6-18-11/h4-5H,3,6-8H2,1-2H3,(H,16,17). The number of benzene rings is 1. The molecule has 1 aromatic carbocycles. The number of rotatable bonds is 3. The molecule has 1 heterocycles. The largest absolute Gasteiger partial charge is 0.490 e. The fourth-order valence-corrected chi connectivity index (χ4v) is 2.40. The van der Waals surface area contributed by atoms with Crippen molar-refractivity contribution in [3.05, 3.63) is 22.2 Å². The summed E-state index contributed by atoms with van der Waals surface area (Å²) in [5.74, 6) is 0.532. The maximum atomic E-state index is 11.3. The second kappa shape index (κ2) is 5.41. The van der Waals surface area contributed by atoms with Crippen molar-refractivity contribution in [2.75, 3.05) is 13.2 Å². The van der Waals surface area contributed by atoms with Crippen molar-refractivity contribution in [2.45, 2.75) is 26.7 Å². The van der Waals surface area contributed by atoms with E-state index in [0.29, 0.717) is 31.1 Å². The van der Waals surface area contributed by atoms with Crippen molar-refractivity contribution in [3.63, 3.8) is 0 Å². The van der Waals surface area contributed by atoms with Gasteiger partial charge in [-0.25, -0.2) is 0 Å². The molecule has 2 rings (SSSR count). The average Bonchev–Trinajstić information content (AvgIpc) is 2.58. The molecule has 0 aromatic heterocycles. The van der Waals surface area contributed by atoms with Gasteiger partial charge in [0.2, 0.25) is 0 Å². The van der Waals surface area contributed by atoms with Gasteiger partial charge in [0.25, 0.3) is 0 Å². The summed E-state index contributed by atoms with van der Waals surface area (Å²) >= 11 is 3.47. The average molecular weight is 329 g/mol. The summed E-state index contributed by atoms with van der Waals surface area (Å²) in [6.45, 7) is 4.62. The Morgan fingerprint density at radius 1 is 1.37 bits per heavy atom. The number of carbonyl (C=O) groups is 1. The highest BCUT2D eigenvalue weighted by atomic mass is 79.9. The van der Waals surface area contributed by atoms with E-state index < -0.39 is 11.4 Å². The van der Waals surface area contributed by atoms with Crippen LogP contribution in [0.4, 0.5) is 0 Å². The molecule has 0 saturated carbocycles. The van der Waals surface area contributed by atoms with Crippen LogP contribution >= 0.6 is 15.9 Å². The first-order valence-corrected chi connectivity index (χ1v) is 7.01. The van der Waals surface area contributed by atoms with Crippen LogP contribution in [-0.4, -0.2) is 24.3 Å². The molecule has 0 fully saturated rings. The normalized spacial score (nSPS) is 14.9. The zero-order valence-corrected chi connectivity index (χ0v) is 12.6. The lowest BCUT2D eigenvalue weighted by atomic mass is 9.85. The predicted molar refractivity (Wildman–Crippen MR) is 74.9 cm³/mol. The summed E-state index contributed by atoms with van der Waals surface area (Å²) in [6, 6.07) is 3.72. The molecular weight excluding hydrogens is 312 g/mol. The molecule has 0 atom stereocenters. The van der Waals surface area contributed by atoms with Crippen molar-refractivity contribution in [3.8, 4) is 11.5 Å². The minimum Gasteiger partial charge on any atom is -0.490 e. The van der Waals surface area contributed by atoms with Crippen molar-refractivity contribution in [1.29, 1.82) is 0 Å². The van der Waals surface area contributed by atoms with Crippen LogP contribution in [-0.2, 0) is 11.2 Å². The van der Waals surface area contributed by atoms with Crippen molar-refractivity contribution < 1.29 is 19.4 Å². The van der Waals surface area contributed by atoms with Crippen LogP contribution in [0.2, 0.25) is 0 Å². The van der Waals surface area contributed by atoms with Gasteiger partial charge < -0.3 is 14.6 Å². The Balaban J connectivity index is 2.42. The van der Waals surface area contributed by atoms with Gasteiger partial charge in [0.05, 0.1) is 18.6 Å². The molecule has 5 heteroatoms. The first-order chi connectivity index (χ1) is 8.92. The minimum atomic E-state index is -0.854. The number of hydrogen-bond acceptors (Lipinski definition) is 3. The summed E-state index contributed by atoms with van der Waals surface area (Å²) in [5, 5.41) is 9.27. The summed E-state index contributed by atoms with van der Waals surface area (Å²) in [5.41, 5.74) is -0.000343. The molecule has 0 spiro atoms. The van der Waals surface area contributed by atoms with Crippen molar-refractivity contribution in [1.82, 2.24) is 0 Å². The van der Waals surface area contributed by atoms with Crippen LogP contribution in [0.25, 0.3) is 0 Å². The van der Waals surface area contributed by atoms with Crippen LogP contribution in [0, 0.1) is 5.41 Å². The quantitative estimate of drug-likeness (QED) is 0.925. The highest BCUT2D eigenvalue weighted by molar-refractivity contribution is 9.10. The molecule has 1 N–H and O–H groups in total. The number of halogens is 1. The second-order valence-corrected chi connectivity index (χ2v) is 6.12. The van der Waals surface area contributed by atoms with Crippen molar-refractivity contribution in [2.24, 2.45) is 5.41 Å². The molecule has 0 bridgehead atoms. The molecule has 0 radical (unpaired) electrons. The van der Waals surface area contributed by atoms with E-state index in [-0.39, 0.29) is 0 Å². The molecule has 4 nitrogen and oxygen atoms in total. The number of fused-ring (bicyclic) bond motifs is 1. The molecular formula is C14H17BrO4. The van der Waals surface area contributed by atoms with E-state index in [1.54, 1.807) is 13.8 Å². The van der Waals surface area contributed by atoms with Gasteiger partial charge in [0.1, 0.15) is 0 Å². The van der Waals surface area contributed by atoms with Crippen LogP contribution < -0.4 is 9.47 Å². The summed E-state index contributed by atoms with van der Waals surface area (Å²) in [4.78, 5) is 11.3. The van der Waals surface area contributed by atoms with Gasteiger partial charge in [-0.05, 0) is 32.4 Å². The van der Waals surface area contributed by atoms with E-state index in [0.717, 1.165) is 16.5 Å².